The van der Waals surface area contributed by atoms with E-state index in [0.29, 0.717) is 0 Å². The van der Waals surface area contributed by atoms with Crippen molar-refractivity contribution in [1.82, 2.24) is 0 Å². The molecule has 0 aliphatic carbocycles. The van der Waals surface area contributed by atoms with Crippen LogP contribution in [0.3, 0.4) is 0 Å². The van der Waals surface area contributed by atoms with E-state index in [9.17, 15) is 0 Å². The average molecular weight is 225 g/mol. The fraction of sp³-hybridized carbons (Fsp3) is 0.375. The topological polar surface area (TPSA) is 12.4 Å². The van der Waals surface area contributed by atoms with Gasteiger partial charge in [-0.3, -0.25) is 0 Å². The lowest BCUT2D eigenvalue weighted by Crippen LogP contribution is -1.90. The number of benzene rings is 1. The predicted molar refractivity (Wildman–Crippen MR) is 74.4 cm³/mol. The van der Waals surface area contributed by atoms with Crippen LogP contribution >= 0.6 is 0 Å². The zero-order valence-electron chi connectivity index (χ0n) is 10.5. The molecule has 0 fully saturated rings. The molecule has 0 bridgehead atoms. The first-order chi connectivity index (χ1) is 8.35. The summed E-state index contributed by atoms with van der Waals surface area (Å²) in [7, 11) is 0. The van der Waals surface area contributed by atoms with Crippen LogP contribution in [0.2, 0.25) is 0 Å². The summed E-state index contributed by atoms with van der Waals surface area (Å²) in [4.78, 5) is 4.29. The van der Waals surface area contributed by atoms with Crippen molar-refractivity contribution in [2.24, 2.45) is 4.99 Å². The van der Waals surface area contributed by atoms with Crippen molar-refractivity contribution < 1.29 is 0 Å². The number of hydrogen-bond acceptors (Lipinski definition) is 1. The molecule has 1 heterocycles. The van der Waals surface area contributed by atoms with E-state index in [1.54, 1.807) is 0 Å². The maximum absolute atomic E-state index is 4.29. The molecule has 1 aliphatic rings. The number of hydrogen-bond donors (Lipinski definition) is 0. The summed E-state index contributed by atoms with van der Waals surface area (Å²) in [6.07, 6.45) is 8.35. The summed E-state index contributed by atoms with van der Waals surface area (Å²) in [5, 5.41) is 0. The quantitative estimate of drug-likeness (QED) is 0.521. The summed E-state index contributed by atoms with van der Waals surface area (Å²) in [5.41, 5.74) is 7.53. The molecule has 17 heavy (non-hydrogen) atoms. The molecule has 1 aliphatic heterocycles. The van der Waals surface area contributed by atoms with Gasteiger partial charge in [0.25, 0.3) is 0 Å². The maximum Gasteiger partial charge on any atom is 0.112 e. The Labute approximate surface area is 104 Å². The minimum Gasteiger partial charge on any atom is -0.247 e. The van der Waals surface area contributed by atoms with Crippen molar-refractivity contribution in [1.29, 1.82) is 0 Å². The van der Waals surface area contributed by atoms with Crippen LogP contribution in [-0.2, 0) is 6.42 Å². The van der Waals surface area contributed by atoms with Gasteiger partial charge in [0, 0.05) is 17.3 Å². The SMILES string of the molecule is C=C=C1N=Cc2cc(CCCCCC)ccc21. The van der Waals surface area contributed by atoms with E-state index in [1.807, 2.05) is 6.21 Å². The first kappa shape index (κ1) is 11.9. The normalized spacial score (nSPS) is 12.6. The predicted octanol–water partition coefficient (Wildman–Crippen LogP) is 4.37. The number of fused-ring (bicyclic) bond motifs is 1. The summed E-state index contributed by atoms with van der Waals surface area (Å²) < 4.78 is 0. The van der Waals surface area contributed by atoms with Gasteiger partial charge in [-0.2, -0.15) is 0 Å². The summed E-state index contributed by atoms with van der Waals surface area (Å²) in [5.74, 6) is 0. The third-order valence-electron chi connectivity index (χ3n) is 3.19. The Morgan fingerprint density at radius 3 is 2.88 bits per heavy atom. The Kier molecular flexibility index (Phi) is 3.95. The van der Waals surface area contributed by atoms with Gasteiger partial charge in [0.1, 0.15) is 5.70 Å². The summed E-state index contributed by atoms with van der Waals surface area (Å²) in [6.45, 7) is 5.90. The Morgan fingerprint density at radius 1 is 1.24 bits per heavy atom. The molecule has 1 aromatic carbocycles. The summed E-state index contributed by atoms with van der Waals surface area (Å²) >= 11 is 0. The van der Waals surface area contributed by atoms with Gasteiger partial charge in [0.05, 0.1) is 0 Å². The van der Waals surface area contributed by atoms with Crippen LogP contribution in [0.25, 0.3) is 5.70 Å². The number of aryl methyl sites for hydroxylation is 1. The molecule has 0 unspecified atom stereocenters. The van der Waals surface area contributed by atoms with Crippen LogP contribution in [0.15, 0.2) is 35.5 Å². The van der Waals surface area contributed by atoms with E-state index in [4.69, 9.17) is 0 Å². The molecule has 88 valence electrons. The number of rotatable bonds is 5. The molecule has 0 N–H and O–H groups in total. The van der Waals surface area contributed by atoms with Gasteiger partial charge in [0.15, 0.2) is 0 Å². The number of aliphatic imine (C=N–C) groups is 1. The zero-order chi connectivity index (χ0) is 12.1. The Balaban J connectivity index is 2.03. The van der Waals surface area contributed by atoms with Gasteiger partial charge in [-0.1, -0.05) is 44.9 Å². The van der Waals surface area contributed by atoms with Crippen molar-refractivity contribution in [2.75, 3.05) is 0 Å². The molecular formula is C16H19N. The van der Waals surface area contributed by atoms with Crippen molar-refractivity contribution in [2.45, 2.75) is 39.0 Å². The number of unbranched alkanes of at least 4 members (excludes halogenated alkanes) is 3. The van der Waals surface area contributed by atoms with Gasteiger partial charge >= 0.3 is 0 Å². The lowest BCUT2D eigenvalue weighted by molar-refractivity contribution is 0.667. The Bertz CT molecular complexity index is 476. The first-order valence-electron chi connectivity index (χ1n) is 6.42. The highest BCUT2D eigenvalue weighted by Gasteiger charge is 2.11. The van der Waals surface area contributed by atoms with E-state index < -0.39 is 0 Å². The second kappa shape index (κ2) is 5.65. The highest BCUT2D eigenvalue weighted by atomic mass is 14.8. The van der Waals surface area contributed by atoms with E-state index in [0.717, 1.165) is 11.3 Å². The Hall–Kier alpha value is -1.59. The minimum absolute atomic E-state index is 0.873. The fourth-order valence-electron chi connectivity index (χ4n) is 2.19. The second-order valence-corrected chi connectivity index (χ2v) is 4.52. The molecule has 0 atom stereocenters. The van der Waals surface area contributed by atoms with Crippen LogP contribution < -0.4 is 0 Å². The van der Waals surface area contributed by atoms with Crippen LogP contribution in [0.4, 0.5) is 0 Å². The molecule has 0 spiro atoms. The van der Waals surface area contributed by atoms with E-state index in [1.165, 1.54) is 43.2 Å². The second-order valence-electron chi connectivity index (χ2n) is 4.52. The molecule has 0 aromatic heterocycles. The van der Waals surface area contributed by atoms with Gasteiger partial charge < -0.3 is 0 Å². The van der Waals surface area contributed by atoms with Gasteiger partial charge in [-0.25, -0.2) is 4.99 Å². The van der Waals surface area contributed by atoms with Crippen LogP contribution in [0.1, 0.15) is 49.3 Å². The molecular weight excluding hydrogens is 206 g/mol. The van der Waals surface area contributed by atoms with Crippen molar-refractivity contribution >= 4 is 11.9 Å². The fourth-order valence-corrected chi connectivity index (χ4v) is 2.19. The molecule has 0 amide bonds. The van der Waals surface area contributed by atoms with Crippen molar-refractivity contribution in [3.05, 3.63) is 47.2 Å². The van der Waals surface area contributed by atoms with Crippen molar-refractivity contribution in [3.63, 3.8) is 0 Å². The van der Waals surface area contributed by atoms with E-state index in [-0.39, 0.29) is 0 Å². The standard InChI is InChI=1S/C16H19N/c1-3-5-6-7-8-13-9-10-15-14(11-13)12-17-16(15)4-2/h9-12H,2-3,5-8H2,1H3. The lowest BCUT2D eigenvalue weighted by Gasteiger charge is -2.04. The Morgan fingerprint density at radius 2 is 2.12 bits per heavy atom. The molecule has 0 saturated heterocycles. The third-order valence-corrected chi connectivity index (χ3v) is 3.19. The number of nitrogens with zero attached hydrogens (tertiary/aromatic N) is 1. The highest BCUT2D eigenvalue weighted by Crippen LogP contribution is 2.25. The third kappa shape index (κ3) is 2.75. The van der Waals surface area contributed by atoms with Crippen LogP contribution in [0, 0.1) is 0 Å². The zero-order valence-corrected chi connectivity index (χ0v) is 10.5. The van der Waals surface area contributed by atoms with Crippen molar-refractivity contribution in [3.8, 4) is 0 Å². The van der Waals surface area contributed by atoms with Crippen LogP contribution in [0.5, 0.6) is 0 Å². The highest BCUT2D eigenvalue weighted by molar-refractivity contribution is 5.97. The average Bonchev–Trinajstić information content (AvgIpc) is 2.77. The molecule has 1 nitrogen and oxygen atoms in total. The molecule has 0 saturated carbocycles. The molecule has 0 radical (unpaired) electrons. The first-order valence-corrected chi connectivity index (χ1v) is 6.42. The summed E-state index contributed by atoms with van der Waals surface area (Å²) in [6, 6.07) is 6.59. The molecule has 1 aromatic rings. The van der Waals surface area contributed by atoms with Gasteiger partial charge in [-0.15, -0.1) is 5.73 Å². The smallest absolute Gasteiger partial charge is 0.112 e. The van der Waals surface area contributed by atoms with Gasteiger partial charge in [0.2, 0.25) is 0 Å². The lowest BCUT2D eigenvalue weighted by atomic mass is 10.0. The van der Waals surface area contributed by atoms with Gasteiger partial charge in [-0.05, 0) is 24.5 Å². The molecule has 2 rings (SSSR count). The van der Waals surface area contributed by atoms with E-state index >= 15 is 0 Å². The molecule has 1 heteroatoms. The maximum atomic E-state index is 4.29. The largest absolute Gasteiger partial charge is 0.247 e. The van der Waals surface area contributed by atoms with E-state index in [2.05, 4.69) is 42.4 Å². The monoisotopic (exact) mass is 225 g/mol. The van der Waals surface area contributed by atoms with Crippen LogP contribution in [-0.4, -0.2) is 6.21 Å². The minimum atomic E-state index is 0.873.